The minimum atomic E-state index is -3.19. The summed E-state index contributed by atoms with van der Waals surface area (Å²) < 4.78 is 30.8. The van der Waals surface area contributed by atoms with E-state index in [1.54, 1.807) is 25.4 Å². The van der Waals surface area contributed by atoms with Gasteiger partial charge in [-0.25, -0.2) is 13.4 Å². The molecule has 2 fully saturated rings. The fourth-order valence-electron chi connectivity index (χ4n) is 4.55. The Morgan fingerprint density at radius 1 is 1.12 bits per heavy atom. The van der Waals surface area contributed by atoms with Gasteiger partial charge in [0.25, 0.3) is 0 Å². The van der Waals surface area contributed by atoms with Gasteiger partial charge in [-0.15, -0.1) is 0 Å². The normalized spacial score (nSPS) is 19.7. The number of benzene rings is 1. The third-order valence-corrected chi connectivity index (χ3v) is 8.78. The van der Waals surface area contributed by atoms with Crippen LogP contribution in [0.3, 0.4) is 0 Å². The van der Waals surface area contributed by atoms with E-state index in [1.165, 1.54) is 6.42 Å². The Morgan fingerprint density at radius 3 is 2.56 bits per heavy atom. The molecule has 3 aromatic rings. The quantitative estimate of drug-likeness (QED) is 0.541. The molecule has 168 valence electrons. The average Bonchev–Trinajstić information content (AvgIpc) is 3.31. The number of ether oxygens (including phenoxy) is 1. The number of aromatic amines is 1. The molecule has 1 aliphatic heterocycles. The third-order valence-electron chi connectivity index (χ3n) is 6.50. The summed E-state index contributed by atoms with van der Waals surface area (Å²) in [5.41, 5.74) is 3.79. The summed E-state index contributed by atoms with van der Waals surface area (Å²) in [4.78, 5) is 5.28. The second-order valence-corrected chi connectivity index (χ2v) is 10.9. The lowest BCUT2D eigenvalue weighted by Crippen LogP contribution is -2.24. The van der Waals surface area contributed by atoms with E-state index in [9.17, 15) is 8.42 Å². The van der Waals surface area contributed by atoms with Crippen LogP contribution in [0.1, 0.15) is 49.3 Å². The molecule has 1 aliphatic carbocycles. The number of pyridine rings is 1. The van der Waals surface area contributed by atoms with Crippen molar-refractivity contribution in [2.24, 2.45) is 0 Å². The molecule has 0 radical (unpaired) electrons. The maximum atomic E-state index is 12.6. The molecule has 1 aromatic carbocycles. The average molecular weight is 453 g/mol. The van der Waals surface area contributed by atoms with Crippen molar-refractivity contribution in [3.05, 3.63) is 60.0 Å². The van der Waals surface area contributed by atoms with E-state index in [-0.39, 0.29) is 11.2 Å². The van der Waals surface area contributed by atoms with Crippen molar-refractivity contribution in [1.29, 1.82) is 0 Å². The van der Waals surface area contributed by atoms with Crippen molar-refractivity contribution in [1.82, 2.24) is 20.5 Å². The van der Waals surface area contributed by atoms with Crippen LogP contribution in [0.25, 0.3) is 11.1 Å². The molecular formula is C24H28N4O3S. The molecule has 2 aromatic heterocycles. The zero-order valence-electron chi connectivity index (χ0n) is 18.1. The molecule has 3 heterocycles. The summed E-state index contributed by atoms with van der Waals surface area (Å²) in [6, 6.07) is 11.9. The summed E-state index contributed by atoms with van der Waals surface area (Å²) in [5, 5.41) is 10.2. The zero-order valence-corrected chi connectivity index (χ0v) is 18.9. The molecule has 0 spiro atoms. The van der Waals surface area contributed by atoms with Gasteiger partial charge in [-0.2, -0.15) is 5.10 Å². The monoisotopic (exact) mass is 452 g/mol. The van der Waals surface area contributed by atoms with E-state index in [0.717, 1.165) is 54.6 Å². The number of hydrogen-bond donors (Lipinski definition) is 2. The van der Waals surface area contributed by atoms with Crippen LogP contribution in [0.15, 0.2) is 53.7 Å². The van der Waals surface area contributed by atoms with E-state index in [0.29, 0.717) is 16.8 Å². The summed E-state index contributed by atoms with van der Waals surface area (Å²) in [7, 11) is -1.57. The van der Waals surface area contributed by atoms with Crippen LogP contribution in [-0.4, -0.2) is 48.5 Å². The molecule has 7 nitrogen and oxygen atoms in total. The summed E-state index contributed by atoms with van der Waals surface area (Å²) in [5.74, 6) is 0.594. The first-order valence-electron chi connectivity index (χ1n) is 11.2. The Labute approximate surface area is 188 Å². The standard InChI is InChI=1S/C24H28N4O3S/c1-31-24-21(17-14-26-27-15-17)10-11-23(28-24)22(13-18-3-2-12-25-18)16-4-6-19(7-5-16)32(29,30)20-8-9-20/h4-7,10-11,14-15,18,20,22,25H,2-3,8-9,12-13H2,1H3,(H,26,27)/t18-,22?/m1/s1. The fraction of sp³-hybridized carbons (Fsp3) is 0.417. The molecule has 2 aliphatic rings. The fourth-order valence-corrected chi connectivity index (χ4v) is 6.21. The number of methoxy groups -OCH3 is 1. The highest BCUT2D eigenvalue weighted by molar-refractivity contribution is 7.92. The number of rotatable bonds is 8. The Bertz CT molecular complexity index is 1170. The molecule has 0 bridgehead atoms. The number of aromatic nitrogens is 3. The highest BCUT2D eigenvalue weighted by atomic mass is 32.2. The van der Waals surface area contributed by atoms with Crippen LogP contribution in [0.2, 0.25) is 0 Å². The summed E-state index contributed by atoms with van der Waals surface area (Å²) in [6.45, 7) is 1.03. The number of nitrogens with one attached hydrogen (secondary N) is 2. The molecule has 5 rings (SSSR count). The molecule has 2 atom stereocenters. The maximum absolute atomic E-state index is 12.6. The van der Waals surface area contributed by atoms with Crippen molar-refractivity contribution in [3.63, 3.8) is 0 Å². The lowest BCUT2D eigenvalue weighted by Gasteiger charge is -2.22. The molecule has 32 heavy (non-hydrogen) atoms. The van der Waals surface area contributed by atoms with Gasteiger partial charge in [-0.1, -0.05) is 12.1 Å². The van der Waals surface area contributed by atoms with Gasteiger partial charge in [0.05, 0.1) is 29.1 Å². The number of hydrogen-bond acceptors (Lipinski definition) is 6. The first-order chi connectivity index (χ1) is 15.6. The van der Waals surface area contributed by atoms with E-state index < -0.39 is 9.84 Å². The number of nitrogens with zero attached hydrogens (tertiary/aromatic N) is 2. The predicted molar refractivity (Wildman–Crippen MR) is 123 cm³/mol. The van der Waals surface area contributed by atoms with Crippen LogP contribution in [0.5, 0.6) is 5.88 Å². The smallest absolute Gasteiger partial charge is 0.221 e. The number of H-pyrrole nitrogens is 1. The maximum Gasteiger partial charge on any atom is 0.221 e. The van der Waals surface area contributed by atoms with Gasteiger partial charge < -0.3 is 10.1 Å². The predicted octanol–water partition coefficient (Wildman–Crippen LogP) is 3.69. The van der Waals surface area contributed by atoms with Crippen molar-refractivity contribution < 1.29 is 13.2 Å². The number of sulfone groups is 1. The zero-order chi connectivity index (χ0) is 22.1. The molecule has 1 saturated carbocycles. The molecule has 0 amide bonds. The second kappa shape index (κ2) is 8.67. The van der Waals surface area contributed by atoms with E-state index in [2.05, 4.69) is 15.5 Å². The first-order valence-corrected chi connectivity index (χ1v) is 12.7. The Morgan fingerprint density at radius 2 is 1.94 bits per heavy atom. The van der Waals surface area contributed by atoms with Gasteiger partial charge in [-0.05, 0) is 68.5 Å². The molecule has 1 saturated heterocycles. The molecule has 1 unspecified atom stereocenters. The van der Waals surface area contributed by atoms with Crippen LogP contribution < -0.4 is 10.1 Å². The van der Waals surface area contributed by atoms with E-state index in [1.807, 2.05) is 30.5 Å². The van der Waals surface area contributed by atoms with E-state index >= 15 is 0 Å². The van der Waals surface area contributed by atoms with Crippen LogP contribution in [0.4, 0.5) is 0 Å². The second-order valence-electron chi connectivity index (χ2n) is 8.67. The summed E-state index contributed by atoms with van der Waals surface area (Å²) in [6.07, 6.45) is 8.31. The highest BCUT2D eigenvalue weighted by Gasteiger charge is 2.37. The van der Waals surface area contributed by atoms with Gasteiger partial charge >= 0.3 is 0 Å². The van der Waals surface area contributed by atoms with Crippen molar-refractivity contribution in [2.75, 3.05) is 13.7 Å². The van der Waals surface area contributed by atoms with Crippen molar-refractivity contribution in [3.8, 4) is 17.0 Å². The van der Waals surface area contributed by atoms with Gasteiger partial charge in [0.2, 0.25) is 5.88 Å². The largest absolute Gasteiger partial charge is 0.481 e. The van der Waals surface area contributed by atoms with Crippen molar-refractivity contribution in [2.45, 2.75) is 54.2 Å². The lowest BCUT2D eigenvalue weighted by molar-refractivity contribution is 0.396. The van der Waals surface area contributed by atoms with Crippen LogP contribution in [-0.2, 0) is 9.84 Å². The van der Waals surface area contributed by atoms with Gasteiger partial charge in [0, 0.05) is 29.3 Å². The minimum absolute atomic E-state index is 0.0376. The third kappa shape index (κ3) is 4.17. The van der Waals surface area contributed by atoms with Gasteiger partial charge in [0.15, 0.2) is 9.84 Å². The minimum Gasteiger partial charge on any atom is -0.481 e. The van der Waals surface area contributed by atoms with Gasteiger partial charge in [0.1, 0.15) is 0 Å². The Hall–Kier alpha value is -2.71. The van der Waals surface area contributed by atoms with Crippen molar-refractivity contribution >= 4 is 9.84 Å². The molecule has 8 heteroatoms. The molecule has 2 N–H and O–H groups in total. The van der Waals surface area contributed by atoms with E-state index in [4.69, 9.17) is 9.72 Å². The van der Waals surface area contributed by atoms with Crippen LogP contribution >= 0.6 is 0 Å². The Balaban J connectivity index is 1.49. The molecular weight excluding hydrogens is 424 g/mol. The first kappa shape index (κ1) is 21.2. The Kier molecular flexibility index (Phi) is 5.73. The highest BCUT2D eigenvalue weighted by Crippen LogP contribution is 2.37. The lowest BCUT2D eigenvalue weighted by atomic mass is 9.88. The van der Waals surface area contributed by atoms with Gasteiger partial charge in [-0.3, -0.25) is 5.10 Å². The SMILES string of the molecule is COc1nc(C(C[C@H]2CCCN2)c2ccc(S(=O)(=O)C3CC3)cc2)ccc1-c1cn[nH]c1. The summed E-state index contributed by atoms with van der Waals surface area (Å²) >= 11 is 0. The topological polar surface area (TPSA) is 97.0 Å². The van der Waals surface area contributed by atoms with Crippen LogP contribution in [0, 0.1) is 0 Å².